The maximum Gasteiger partial charge on any atom is 0.387 e. The number of ether oxygens (including phenoxy) is 1. The Labute approximate surface area is 123 Å². The third-order valence-electron chi connectivity index (χ3n) is 3.08. The molecule has 0 unspecified atom stereocenters. The van der Waals surface area contributed by atoms with Gasteiger partial charge < -0.3 is 15.2 Å². The summed E-state index contributed by atoms with van der Waals surface area (Å²) in [6, 6.07) is 5.54. The second kappa shape index (κ2) is 7.93. The van der Waals surface area contributed by atoms with E-state index in [0.717, 1.165) is 6.42 Å². The molecule has 0 atom stereocenters. The average Bonchev–Trinajstić information content (AvgIpc) is 2.43. The third-order valence-corrected chi connectivity index (χ3v) is 3.08. The monoisotopic (exact) mass is 301 g/mol. The van der Waals surface area contributed by atoms with Gasteiger partial charge >= 0.3 is 6.61 Å². The van der Waals surface area contributed by atoms with Crippen molar-refractivity contribution in [1.82, 2.24) is 5.32 Å². The lowest BCUT2D eigenvalue weighted by Gasteiger charge is -2.24. The zero-order valence-corrected chi connectivity index (χ0v) is 12.2. The molecular formula is C15H21F2NO3. The van der Waals surface area contributed by atoms with Crippen LogP contribution in [0.4, 0.5) is 8.78 Å². The number of halogens is 2. The zero-order chi connectivity index (χ0) is 15.9. The molecule has 1 aromatic carbocycles. The molecule has 1 amide bonds. The average molecular weight is 301 g/mol. The van der Waals surface area contributed by atoms with Gasteiger partial charge in [0, 0.05) is 18.7 Å². The van der Waals surface area contributed by atoms with Gasteiger partial charge in [-0.25, -0.2) is 0 Å². The summed E-state index contributed by atoms with van der Waals surface area (Å²) in [6.45, 7) is 1.73. The molecule has 2 N–H and O–H groups in total. The third kappa shape index (κ3) is 6.53. The van der Waals surface area contributed by atoms with Crippen molar-refractivity contribution >= 4 is 5.91 Å². The molecule has 1 rings (SSSR count). The summed E-state index contributed by atoms with van der Waals surface area (Å²) in [4.78, 5) is 11.9. The molecule has 0 fully saturated rings. The highest BCUT2D eigenvalue weighted by atomic mass is 19.3. The summed E-state index contributed by atoms with van der Waals surface area (Å²) >= 11 is 0. The maximum atomic E-state index is 12.0. The molecule has 0 aromatic heterocycles. The van der Waals surface area contributed by atoms with Gasteiger partial charge in [-0.1, -0.05) is 13.8 Å². The van der Waals surface area contributed by atoms with Crippen molar-refractivity contribution < 1.29 is 23.4 Å². The number of carbonyl (C=O) groups excluding carboxylic acids is 1. The fourth-order valence-electron chi connectivity index (χ4n) is 1.86. The summed E-state index contributed by atoms with van der Waals surface area (Å²) in [5.41, 5.74) is 0.270. The minimum atomic E-state index is -2.88. The summed E-state index contributed by atoms with van der Waals surface area (Å²) in [7, 11) is 0. The second-order valence-corrected chi connectivity index (χ2v) is 5.58. The fourth-order valence-corrected chi connectivity index (χ4v) is 1.86. The Balaban J connectivity index is 2.52. The van der Waals surface area contributed by atoms with Crippen LogP contribution in [-0.2, 0) is 0 Å². The van der Waals surface area contributed by atoms with Gasteiger partial charge in [0.25, 0.3) is 5.91 Å². The Bertz CT molecular complexity index is 447. The first-order valence-electron chi connectivity index (χ1n) is 6.78. The van der Waals surface area contributed by atoms with Crippen LogP contribution >= 0.6 is 0 Å². The Morgan fingerprint density at radius 2 is 1.95 bits per heavy atom. The van der Waals surface area contributed by atoms with Gasteiger partial charge in [-0.2, -0.15) is 8.78 Å². The molecule has 0 aliphatic rings. The van der Waals surface area contributed by atoms with Gasteiger partial charge in [-0.05, 0) is 42.5 Å². The van der Waals surface area contributed by atoms with Gasteiger partial charge in [0.1, 0.15) is 5.75 Å². The zero-order valence-electron chi connectivity index (χ0n) is 12.2. The first kappa shape index (κ1) is 17.4. The van der Waals surface area contributed by atoms with E-state index in [4.69, 9.17) is 5.11 Å². The highest BCUT2D eigenvalue weighted by molar-refractivity contribution is 5.94. The van der Waals surface area contributed by atoms with Crippen LogP contribution in [0.5, 0.6) is 5.75 Å². The van der Waals surface area contributed by atoms with E-state index >= 15 is 0 Å². The minimum absolute atomic E-state index is 0.0184. The molecule has 21 heavy (non-hydrogen) atoms. The Morgan fingerprint density at radius 1 is 1.33 bits per heavy atom. The van der Waals surface area contributed by atoms with Gasteiger partial charge in [0.05, 0.1) is 0 Å². The number of alkyl halides is 2. The number of hydrogen-bond acceptors (Lipinski definition) is 3. The lowest BCUT2D eigenvalue weighted by molar-refractivity contribution is -0.0498. The number of aliphatic hydroxyl groups excluding tert-OH is 1. The minimum Gasteiger partial charge on any atom is -0.435 e. The van der Waals surface area contributed by atoms with Crippen LogP contribution in [-0.4, -0.2) is 30.8 Å². The first-order valence-corrected chi connectivity index (χ1v) is 6.78. The standard InChI is InChI=1S/C15H21F2NO3/c1-15(2,8-3-9-19)10-18-13(20)11-4-6-12(7-5-11)21-14(16)17/h4-7,14,19H,3,8-10H2,1-2H3,(H,18,20). The summed E-state index contributed by atoms with van der Waals surface area (Å²) in [5, 5.41) is 11.6. The molecule has 0 spiro atoms. The summed E-state index contributed by atoms with van der Waals surface area (Å²) in [5.74, 6) is -0.250. The van der Waals surface area contributed by atoms with E-state index in [1.54, 1.807) is 0 Å². The second-order valence-electron chi connectivity index (χ2n) is 5.58. The van der Waals surface area contributed by atoms with Crippen LogP contribution in [0.2, 0.25) is 0 Å². The summed E-state index contributed by atoms with van der Waals surface area (Å²) in [6.07, 6.45) is 1.48. The van der Waals surface area contributed by atoms with Crippen molar-refractivity contribution in [1.29, 1.82) is 0 Å². The number of carbonyl (C=O) groups is 1. The van der Waals surface area contributed by atoms with Crippen LogP contribution in [0.15, 0.2) is 24.3 Å². The van der Waals surface area contributed by atoms with E-state index in [9.17, 15) is 13.6 Å². The van der Waals surface area contributed by atoms with E-state index in [1.807, 2.05) is 13.8 Å². The first-order chi connectivity index (χ1) is 9.84. The van der Waals surface area contributed by atoms with E-state index in [1.165, 1.54) is 24.3 Å². The van der Waals surface area contributed by atoms with Gasteiger partial charge in [-0.15, -0.1) is 0 Å². The molecule has 0 radical (unpaired) electrons. The lowest BCUT2D eigenvalue weighted by Crippen LogP contribution is -2.34. The van der Waals surface area contributed by atoms with Crippen molar-refractivity contribution in [2.75, 3.05) is 13.2 Å². The number of amides is 1. The molecule has 0 saturated heterocycles. The van der Waals surface area contributed by atoms with Gasteiger partial charge in [-0.3, -0.25) is 4.79 Å². The molecule has 0 aliphatic carbocycles. The lowest BCUT2D eigenvalue weighted by atomic mass is 9.88. The molecule has 6 heteroatoms. The normalized spacial score (nSPS) is 11.5. The van der Waals surface area contributed by atoms with Crippen molar-refractivity contribution in [3.05, 3.63) is 29.8 Å². The predicted octanol–water partition coefficient (Wildman–Crippen LogP) is 2.82. The van der Waals surface area contributed by atoms with Crippen LogP contribution < -0.4 is 10.1 Å². The Kier molecular flexibility index (Phi) is 6.55. The molecule has 0 heterocycles. The van der Waals surface area contributed by atoms with Gasteiger partial charge in [0.15, 0.2) is 0 Å². The molecular weight excluding hydrogens is 280 g/mol. The Hall–Kier alpha value is -1.69. The number of benzene rings is 1. The van der Waals surface area contributed by atoms with Crippen molar-refractivity contribution in [3.63, 3.8) is 0 Å². The highest BCUT2D eigenvalue weighted by Crippen LogP contribution is 2.21. The van der Waals surface area contributed by atoms with Crippen LogP contribution in [0.3, 0.4) is 0 Å². The Morgan fingerprint density at radius 3 is 2.48 bits per heavy atom. The molecule has 118 valence electrons. The van der Waals surface area contributed by atoms with E-state index < -0.39 is 6.61 Å². The van der Waals surface area contributed by atoms with Gasteiger partial charge in [0.2, 0.25) is 0 Å². The van der Waals surface area contributed by atoms with Crippen LogP contribution in [0.25, 0.3) is 0 Å². The maximum absolute atomic E-state index is 12.0. The van der Waals surface area contributed by atoms with Crippen LogP contribution in [0, 0.1) is 5.41 Å². The van der Waals surface area contributed by atoms with Crippen molar-refractivity contribution in [2.45, 2.75) is 33.3 Å². The van der Waals surface area contributed by atoms with E-state index in [0.29, 0.717) is 18.5 Å². The smallest absolute Gasteiger partial charge is 0.387 e. The molecule has 0 aliphatic heterocycles. The molecule has 0 saturated carbocycles. The summed E-state index contributed by atoms with van der Waals surface area (Å²) < 4.78 is 28.2. The van der Waals surface area contributed by atoms with E-state index in [2.05, 4.69) is 10.1 Å². The molecule has 0 bridgehead atoms. The molecule has 1 aromatic rings. The fraction of sp³-hybridized carbons (Fsp3) is 0.533. The SMILES string of the molecule is CC(C)(CCCO)CNC(=O)c1ccc(OC(F)F)cc1. The topological polar surface area (TPSA) is 58.6 Å². The number of aliphatic hydroxyl groups is 1. The quantitative estimate of drug-likeness (QED) is 0.776. The van der Waals surface area contributed by atoms with Crippen molar-refractivity contribution in [2.24, 2.45) is 5.41 Å². The molecule has 4 nitrogen and oxygen atoms in total. The predicted molar refractivity (Wildman–Crippen MR) is 75.5 cm³/mol. The number of hydrogen-bond donors (Lipinski definition) is 2. The largest absolute Gasteiger partial charge is 0.435 e. The highest BCUT2D eigenvalue weighted by Gasteiger charge is 2.18. The number of rotatable bonds is 8. The number of nitrogens with one attached hydrogen (secondary N) is 1. The van der Waals surface area contributed by atoms with Crippen LogP contribution in [0.1, 0.15) is 37.0 Å². The van der Waals surface area contributed by atoms with Crippen molar-refractivity contribution in [3.8, 4) is 5.75 Å². The van der Waals surface area contributed by atoms with E-state index in [-0.39, 0.29) is 23.7 Å².